The molecule has 4 rings (SSSR count). The zero-order valence-corrected chi connectivity index (χ0v) is 19.0. The first-order valence-corrected chi connectivity index (χ1v) is 10.9. The van der Waals surface area contributed by atoms with Crippen molar-refractivity contribution in [3.05, 3.63) is 66.0 Å². The van der Waals surface area contributed by atoms with Gasteiger partial charge in [-0.15, -0.1) is 0 Å². The first-order chi connectivity index (χ1) is 16.5. The van der Waals surface area contributed by atoms with E-state index in [9.17, 15) is 22.8 Å². The van der Waals surface area contributed by atoms with E-state index < -0.39 is 12.1 Å². The quantitative estimate of drug-likeness (QED) is 0.709. The number of aliphatic carboxylic acids is 1. The minimum atomic E-state index is -5.08. The smallest absolute Gasteiger partial charge is 0.475 e. The standard InChI is InChI=1S/C22H24N4O2.C2HF3O2/c1-17-15-22(26(24-17)21(28)19-7-3-2-4-8-19)9-12-25(13-10-22)20(27)14-18-6-5-11-23-16-18;3-2(4,5)1(6)7/h2-8,11,16H,9-10,12-15H2,1H3;(H,6,7). The number of pyridine rings is 1. The van der Waals surface area contributed by atoms with E-state index in [4.69, 9.17) is 9.90 Å². The van der Waals surface area contributed by atoms with Crippen molar-refractivity contribution in [1.29, 1.82) is 0 Å². The molecule has 3 heterocycles. The van der Waals surface area contributed by atoms with Gasteiger partial charge in [-0.05, 0) is 43.5 Å². The fraction of sp³-hybridized carbons (Fsp3) is 0.375. The van der Waals surface area contributed by atoms with Crippen molar-refractivity contribution in [2.45, 2.75) is 44.3 Å². The second kappa shape index (κ2) is 10.7. The van der Waals surface area contributed by atoms with Crippen LogP contribution in [-0.2, 0) is 16.0 Å². The lowest BCUT2D eigenvalue weighted by Crippen LogP contribution is -2.54. The highest BCUT2D eigenvalue weighted by atomic mass is 19.4. The Hall–Kier alpha value is -3.76. The molecule has 35 heavy (non-hydrogen) atoms. The maximum absolute atomic E-state index is 13.1. The lowest BCUT2D eigenvalue weighted by Gasteiger charge is -2.43. The number of halogens is 3. The molecule has 2 aromatic rings. The molecule has 0 aliphatic carbocycles. The largest absolute Gasteiger partial charge is 0.490 e. The average Bonchev–Trinajstić information content (AvgIpc) is 3.15. The molecule has 11 heteroatoms. The lowest BCUT2D eigenvalue weighted by atomic mass is 9.83. The van der Waals surface area contributed by atoms with E-state index in [2.05, 4.69) is 10.1 Å². The molecule has 1 spiro atoms. The van der Waals surface area contributed by atoms with Gasteiger partial charge in [0.1, 0.15) is 0 Å². The molecule has 0 unspecified atom stereocenters. The molecule has 0 atom stereocenters. The topological polar surface area (TPSA) is 103 Å². The van der Waals surface area contributed by atoms with Crippen molar-refractivity contribution in [1.82, 2.24) is 14.9 Å². The van der Waals surface area contributed by atoms with Gasteiger partial charge >= 0.3 is 12.1 Å². The zero-order chi connectivity index (χ0) is 25.6. The summed E-state index contributed by atoms with van der Waals surface area (Å²) in [6.45, 7) is 3.25. The van der Waals surface area contributed by atoms with Crippen molar-refractivity contribution in [2.24, 2.45) is 5.10 Å². The van der Waals surface area contributed by atoms with Gasteiger partial charge in [0.2, 0.25) is 5.91 Å². The highest BCUT2D eigenvalue weighted by molar-refractivity contribution is 5.98. The van der Waals surface area contributed by atoms with E-state index in [0.717, 1.165) is 30.5 Å². The van der Waals surface area contributed by atoms with E-state index in [1.807, 2.05) is 54.3 Å². The van der Waals surface area contributed by atoms with Crippen LogP contribution in [-0.4, -0.2) is 68.3 Å². The van der Waals surface area contributed by atoms with Gasteiger partial charge in [0, 0.05) is 43.2 Å². The van der Waals surface area contributed by atoms with Crippen LogP contribution in [0.3, 0.4) is 0 Å². The molecule has 1 N–H and O–H groups in total. The van der Waals surface area contributed by atoms with Crippen LogP contribution in [0.5, 0.6) is 0 Å². The number of amides is 2. The van der Waals surface area contributed by atoms with Crippen LogP contribution in [0.4, 0.5) is 13.2 Å². The van der Waals surface area contributed by atoms with Gasteiger partial charge in [-0.3, -0.25) is 14.6 Å². The molecule has 2 aliphatic heterocycles. The molecule has 2 amide bonds. The summed E-state index contributed by atoms with van der Waals surface area (Å²) < 4.78 is 31.7. The van der Waals surface area contributed by atoms with Gasteiger partial charge in [0.25, 0.3) is 5.91 Å². The molecule has 186 valence electrons. The molecule has 0 saturated carbocycles. The van der Waals surface area contributed by atoms with Crippen LogP contribution >= 0.6 is 0 Å². The van der Waals surface area contributed by atoms with Crippen LogP contribution in [0.1, 0.15) is 42.1 Å². The van der Waals surface area contributed by atoms with Gasteiger partial charge in [-0.1, -0.05) is 24.3 Å². The maximum atomic E-state index is 13.1. The number of nitrogens with zero attached hydrogens (tertiary/aromatic N) is 4. The van der Waals surface area contributed by atoms with Crippen LogP contribution in [0.15, 0.2) is 60.0 Å². The summed E-state index contributed by atoms with van der Waals surface area (Å²) in [6, 6.07) is 13.1. The normalized spacial score (nSPS) is 16.9. The number of carbonyl (C=O) groups excluding carboxylic acids is 2. The number of hydrogen-bond donors (Lipinski definition) is 1. The monoisotopic (exact) mass is 490 g/mol. The van der Waals surface area contributed by atoms with Crippen molar-refractivity contribution in [3.8, 4) is 0 Å². The van der Waals surface area contributed by atoms with Crippen LogP contribution < -0.4 is 0 Å². The Morgan fingerprint density at radius 2 is 1.69 bits per heavy atom. The summed E-state index contributed by atoms with van der Waals surface area (Å²) >= 11 is 0. The summed E-state index contributed by atoms with van der Waals surface area (Å²) in [6.07, 6.45) is 0.979. The number of carboxylic acids is 1. The number of benzene rings is 1. The number of carbonyl (C=O) groups is 3. The summed E-state index contributed by atoms with van der Waals surface area (Å²) in [7, 11) is 0. The number of piperidine rings is 1. The average molecular weight is 490 g/mol. The lowest BCUT2D eigenvalue weighted by molar-refractivity contribution is -0.192. The summed E-state index contributed by atoms with van der Waals surface area (Å²) in [5.74, 6) is -2.71. The fourth-order valence-electron chi connectivity index (χ4n) is 4.18. The number of rotatable bonds is 3. The second-order valence-electron chi connectivity index (χ2n) is 8.44. The predicted molar refractivity (Wildman–Crippen MR) is 121 cm³/mol. The van der Waals surface area contributed by atoms with Crippen LogP contribution in [0.2, 0.25) is 0 Å². The number of aromatic nitrogens is 1. The second-order valence-corrected chi connectivity index (χ2v) is 8.44. The minimum absolute atomic E-state index is 0.0624. The van der Waals surface area contributed by atoms with Gasteiger partial charge in [-0.2, -0.15) is 18.3 Å². The molecular weight excluding hydrogens is 465 g/mol. The minimum Gasteiger partial charge on any atom is -0.475 e. The zero-order valence-electron chi connectivity index (χ0n) is 19.0. The molecule has 1 aromatic heterocycles. The van der Waals surface area contributed by atoms with E-state index in [-0.39, 0.29) is 17.4 Å². The summed E-state index contributed by atoms with van der Waals surface area (Å²) in [5, 5.41) is 13.4. The van der Waals surface area contributed by atoms with Crippen LogP contribution in [0, 0.1) is 0 Å². The first kappa shape index (κ1) is 25.9. The van der Waals surface area contributed by atoms with E-state index in [1.165, 1.54) is 0 Å². The number of alkyl halides is 3. The Bertz CT molecular complexity index is 1080. The van der Waals surface area contributed by atoms with E-state index >= 15 is 0 Å². The first-order valence-electron chi connectivity index (χ1n) is 10.9. The Balaban J connectivity index is 0.000000429. The van der Waals surface area contributed by atoms with E-state index in [0.29, 0.717) is 25.1 Å². The number of hydrazone groups is 1. The Kier molecular flexibility index (Phi) is 7.88. The third kappa shape index (κ3) is 6.43. The summed E-state index contributed by atoms with van der Waals surface area (Å²) in [5.41, 5.74) is 2.23. The van der Waals surface area contributed by atoms with Crippen LogP contribution in [0.25, 0.3) is 0 Å². The predicted octanol–water partition coefficient (Wildman–Crippen LogP) is 3.54. The molecule has 1 saturated heterocycles. The fourth-order valence-corrected chi connectivity index (χ4v) is 4.18. The number of likely N-dealkylation sites (tertiary alicyclic amines) is 1. The van der Waals surface area contributed by atoms with Crippen molar-refractivity contribution >= 4 is 23.5 Å². The molecule has 0 radical (unpaired) electrons. The van der Waals surface area contributed by atoms with E-state index in [1.54, 1.807) is 17.4 Å². The molecule has 1 aromatic carbocycles. The molecular formula is C24H25F3N4O4. The Morgan fingerprint density at radius 1 is 1.06 bits per heavy atom. The third-order valence-electron chi connectivity index (χ3n) is 5.89. The Labute approximate surface area is 200 Å². The van der Waals surface area contributed by atoms with Crippen molar-refractivity contribution in [2.75, 3.05) is 13.1 Å². The summed E-state index contributed by atoms with van der Waals surface area (Å²) in [4.78, 5) is 40.6. The van der Waals surface area contributed by atoms with Crippen molar-refractivity contribution in [3.63, 3.8) is 0 Å². The van der Waals surface area contributed by atoms with Gasteiger partial charge in [0.15, 0.2) is 0 Å². The SMILES string of the molecule is CC1=NN(C(=O)c2ccccc2)C2(CCN(C(=O)Cc3cccnc3)CC2)C1.O=C(O)C(F)(F)F. The maximum Gasteiger partial charge on any atom is 0.490 e. The molecule has 2 aliphatic rings. The van der Waals surface area contributed by atoms with Crippen molar-refractivity contribution < 1.29 is 32.7 Å². The van der Waals surface area contributed by atoms with Gasteiger partial charge in [0.05, 0.1) is 12.0 Å². The molecule has 8 nitrogen and oxygen atoms in total. The number of carboxylic acid groups (broad SMARTS) is 1. The highest BCUT2D eigenvalue weighted by Crippen LogP contribution is 2.38. The molecule has 1 fully saturated rings. The third-order valence-corrected chi connectivity index (χ3v) is 5.89. The van der Waals surface area contributed by atoms with Gasteiger partial charge in [-0.25, -0.2) is 9.80 Å². The van der Waals surface area contributed by atoms with Gasteiger partial charge < -0.3 is 10.0 Å². The number of hydrogen-bond acceptors (Lipinski definition) is 5. The Morgan fingerprint density at radius 3 is 2.23 bits per heavy atom. The molecule has 0 bridgehead atoms. The highest BCUT2D eigenvalue weighted by Gasteiger charge is 2.47.